The predicted octanol–water partition coefficient (Wildman–Crippen LogP) is 4.37. The van der Waals surface area contributed by atoms with Crippen molar-refractivity contribution in [1.29, 1.82) is 0 Å². The lowest BCUT2D eigenvalue weighted by Crippen LogP contribution is -2.32. The minimum Gasteiger partial charge on any atom is -0.339 e. The van der Waals surface area contributed by atoms with Crippen LogP contribution in [0.4, 0.5) is 15.9 Å². The number of amides is 1. The number of aromatic nitrogens is 3. The molecule has 3 heterocycles. The summed E-state index contributed by atoms with van der Waals surface area (Å²) in [4.78, 5) is 27.9. The monoisotopic (exact) mass is 454 g/mol. The van der Waals surface area contributed by atoms with Crippen LogP contribution in [-0.2, 0) is 0 Å². The van der Waals surface area contributed by atoms with Crippen molar-refractivity contribution in [2.24, 2.45) is 5.73 Å². The molecular formula is C23H24ClFN6O. The Labute approximate surface area is 190 Å². The van der Waals surface area contributed by atoms with Crippen LogP contribution in [0.1, 0.15) is 42.1 Å². The highest BCUT2D eigenvalue weighted by atomic mass is 35.5. The van der Waals surface area contributed by atoms with Gasteiger partial charge in [-0.15, -0.1) is 0 Å². The summed E-state index contributed by atoms with van der Waals surface area (Å²) in [6, 6.07) is 5.95. The van der Waals surface area contributed by atoms with E-state index in [0.717, 1.165) is 12.0 Å². The summed E-state index contributed by atoms with van der Waals surface area (Å²) in [5, 5.41) is 3.64. The molecule has 32 heavy (non-hydrogen) atoms. The highest BCUT2D eigenvalue weighted by Gasteiger charge is 2.26. The molecule has 2 aromatic heterocycles. The van der Waals surface area contributed by atoms with E-state index in [1.54, 1.807) is 23.4 Å². The van der Waals surface area contributed by atoms with E-state index in [4.69, 9.17) is 17.3 Å². The lowest BCUT2D eigenvalue weighted by molar-refractivity contribution is 0.0791. The second-order valence-electron chi connectivity index (χ2n) is 8.12. The topological polar surface area (TPSA) is 97.0 Å². The summed E-state index contributed by atoms with van der Waals surface area (Å²) >= 11 is 6.05. The van der Waals surface area contributed by atoms with Crippen LogP contribution in [0.5, 0.6) is 0 Å². The standard InChI is InChI=1S/C23H24ClFN6O/c1-13(2)17-11-28-21(16-9-14(24)3-4-19(16)25)30-22(17)29-20-5-7-27-10-18(20)23(32)31-8-6-15(26)12-31/h3-5,7,9-11,13,15H,6,8,12,26H2,1-2H3,(H,27,28,29,30)/t15-/m0/s1. The zero-order chi connectivity index (χ0) is 22.8. The summed E-state index contributed by atoms with van der Waals surface area (Å²) in [5.74, 6) is 0.165. The normalized spacial score (nSPS) is 15.9. The van der Waals surface area contributed by atoms with Crippen molar-refractivity contribution < 1.29 is 9.18 Å². The molecule has 7 nitrogen and oxygen atoms in total. The first kappa shape index (κ1) is 22.1. The SMILES string of the molecule is CC(C)c1cnc(-c2cc(Cl)ccc2F)nc1Nc1ccncc1C(=O)N1CC[C@H](N)C1. The molecular weight excluding hydrogens is 431 g/mol. The van der Waals surface area contributed by atoms with Gasteiger partial charge in [0.15, 0.2) is 5.82 Å². The fourth-order valence-corrected chi connectivity index (χ4v) is 3.83. The lowest BCUT2D eigenvalue weighted by atomic mass is 10.1. The Morgan fingerprint density at radius 3 is 2.84 bits per heavy atom. The van der Waals surface area contributed by atoms with Gasteiger partial charge in [-0.2, -0.15) is 0 Å². The average Bonchev–Trinajstić information content (AvgIpc) is 3.21. The highest BCUT2D eigenvalue weighted by Crippen LogP contribution is 2.31. The van der Waals surface area contributed by atoms with Gasteiger partial charge in [-0.05, 0) is 36.6 Å². The fraction of sp³-hybridized carbons (Fsp3) is 0.304. The number of nitrogens with zero attached hydrogens (tertiary/aromatic N) is 4. The highest BCUT2D eigenvalue weighted by molar-refractivity contribution is 6.30. The lowest BCUT2D eigenvalue weighted by Gasteiger charge is -2.20. The molecule has 1 aliphatic rings. The third-order valence-electron chi connectivity index (χ3n) is 5.42. The Hall–Kier alpha value is -3.10. The Morgan fingerprint density at radius 1 is 1.31 bits per heavy atom. The smallest absolute Gasteiger partial charge is 0.257 e. The molecule has 166 valence electrons. The first-order chi connectivity index (χ1) is 15.3. The van der Waals surface area contributed by atoms with Crippen LogP contribution < -0.4 is 11.1 Å². The van der Waals surface area contributed by atoms with Crippen molar-refractivity contribution in [2.75, 3.05) is 18.4 Å². The average molecular weight is 455 g/mol. The first-order valence-electron chi connectivity index (χ1n) is 10.4. The molecule has 4 rings (SSSR count). The molecule has 1 aromatic carbocycles. The Bertz CT molecular complexity index is 1160. The van der Waals surface area contributed by atoms with Crippen LogP contribution in [0.15, 0.2) is 42.9 Å². The number of halogens is 2. The van der Waals surface area contributed by atoms with Crippen LogP contribution in [-0.4, -0.2) is 44.9 Å². The number of hydrogen-bond acceptors (Lipinski definition) is 6. The number of nitrogens with one attached hydrogen (secondary N) is 1. The molecule has 1 saturated heterocycles. The Balaban J connectivity index is 1.73. The minimum absolute atomic E-state index is 0.0170. The molecule has 0 spiro atoms. The molecule has 1 amide bonds. The minimum atomic E-state index is -0.470. The summed E-state index contributed by atoms with van der Waals surface area (Å²) in [6.45, 7) is 5.13. The van der Waals surface area contributed by atoms with E-state index >= 15 is 0 Å². The molecule has 0 saturated carbocycles. The number of rotatable bonds is 5. The Morgan fingerprint density at radius 2 is 2.12 bits per heavy atom. The van der Waals surface area contributed by atoms with Crippen LogP contribution >= 0.6 is 11.6 Å². The maximum absolute atomic E-state index is 14.4. The van der Waals surface area contributed by atoms with Crippen LogP contribution in [0.3, 0.4) is 0 Å². The number of likely N-dealkylation sites (tertiary alicyclic amines) is 1. The molecule has 0 bridgehead atoms. The number of anilines is 2. The number of nitrogens with two attached hydrogens (primary N) is 1. The maximum atomic E-state index is 14.4. The van der Waals surface area contributed by atoms with Gasteiger partial charge in [-0.25, -0.2) is 14.4 Å². The van der Waals surface area contributed by atoms with Gasteiger partial charge >= 0.3 is 0 Å². The number of benzene rings is 1. The van der Waals surface area contributed by atoms with Gasteiger partial charge < -0.3 is 16.0 Å². The zero-order valence-corrected chi connectivity index (χ0v) is 18.6. The summed E-state index contributed by atoms with van der Waals surface area (Å²) in [5.41, 5.74) is 7.98. The van der Waals surface area contributed by atoms with Crippen LogP contribution in [0.2, 0.25) is 5.02 Å². The quantitative estimate of drug-likeness (QED) is 0.594. The third kappa shape index (κ3) is 4.56. The van der Waals surface area contributed by atoms with E-state index in [2.05, 4.69) is 20.3 Å². The third-order valence-corrected chi connectivity index (χ3v) is 5.66. The van der Waals surface area contributed by atoms with Gasteiger partial charge in [0.25, 0.3) is 5.91 Å². The van der Waals surface area contributed by atoms with E-state index in [9.17, 15) is 9.18 Å². The van der Waals surface area contributed by atoms with E-state index in [1.165, 1.54) is 24.4 Å². The van der Waals surface area contributed by atoms with Crippen LogP contribution in [0.25, 0.3) is 11.4 Å². The largest absolute Gasteiger partial charge is 0.339 e. The van der Waals surface area contributed by atoms with E-state index < -0.39 is 5.82 Å². The van der Waals surface area contributed by atoms with Gasteiger partial charge in [-0.1, -0.05) is 25.4 Å². The first-order valence-corrected chi connectivity index (χ1v) is 10.8. The molecule has 0 aliphatic carbocycles. The second-order valence-corrected chi connectivity index (χ2v) is 8.56. The fourth-order valence-electron chi connectivity index (χ4n) is 3.66. The number of carbonyl (C=O) groups is 1. The molecule has 0 unspecified atom stereocenters. The van der Waals surface area contributed by atoms with Gasteiger partial charge in [0.05, 0.1) is 16.8 Å². The van der Waals surface area contributed by atoms with E-state index in [1.807, 2.05) is 13.8 Å². The molecule has 9 heteroatoms. The summed E-state index contributed by atoms with van der Waals surface area (Å²) in [7, 11) is 0. The molecule has 0 radical (unpaired) electrons. The molecule has 1 atom stereocenters. The Kier molecular flexibility index (Phi) is 6.34. The van der Waals surface area contributed by atoms with Crippen molar-refractivity contribution in [3.8, 4) is 11.4 Å². The van der Waals surface area contributed by atoms with Crippen LogP contribution in [0, 0.1) is 5.82 Å². The van der Waals surface area contributed by atoms with Gasteiger partial charge in [0.1, 0.15) is 11.6 Å². The molecule has 3 aromatic rings. The number of carbonyl (C=O) groups excluding carboxylic acids is 1. The van der Waals surface area contributed by atoms with E-state index in [0.29, 0.717) is 35.2 Å². The molecule has 3 N–H and O–H groups in total. The van der Waals surface area contributed by atoms with Crippen molar-refractivity contribution >= 4 is 29.0 Å². The maximum Gasteiger partial charge on any atom is 0.257 e. The number of pyridine rings is 1. The molecule has 1 aliphatic heterocycles. The van der Waals surface area contributed by atoms with E-state index in [-0.39, 0.29) is 29.3 Å². The zero-order valence-electron chi connectivity index (χ0n) is 17.8. The van der Waals surface area contributed by atoms with Crippen molar-refractivity contribution in [3.05, 3.63) is 64.8 Å². The second kappa shape index (κ2) is 9.18. The van der Waals surface area contributed by atoms with Crippen molar-refractivity contribution in [1.82, 2.24) is 19.9 Å². The van der Waals surface area contributed by atoms with Gasteiger partial charge in [0.2, 0.25) is 0 Å². The predicted molar refractivity (Wildman–Crippen MR) is 123 cm³/mol. The van der Waals surface area contributed by atoms with Gasteiger partial charge in [-0.3, -0.25) is 9.78 Å². The number of hydrogen-bond donors (Lipinski definition) is 2. The summed E-state index contributed by atoms with van der Waals surface area (Å²) < 4.78 is 14.4. The van der Waals surface area contributed by atoms with Gasteiger partial charge in [0, 0.05) is 48.3 Å². The summed E-state index contributed by atoms with van der Waals surface area (Å²) in [6.07, 6.45) is 5.56. The van der Waals surface area contributed by atoms with Crippen molar-refractivity contribution in [2.45, 2.75) is 32.2 Å². The van der Waals surface area contributed by atoms with Crippen molar-refractivity contribution in [3.63, 3.8) is 0 Å². The molecule has 1 fully saturated rings.